The van der Waals surface area contributed by atoms with E-state index in [9.17, 15) is 4.79 Å². The first-order valence-corrected chi connectivity index (χ1v) is 8.83. The van der Waals surface area contributed by atoms with Gasteiger partial charge in [0.15, 0.2) is 0 Å². The molecule has 1 aromatic heterocycles. The van der Waals surface area contributed by atoms with Crippen LogP contribution in [0, 0.1) is 19.3 Å². The first kappa shape index (κ1) is 23.9. The fourth-order valence-corrected chi connectivity index (χ4v) is 1.75. The van der Waals surface area contributed by atoms with Gasteiger partial charge < -0.3 is 5.32 Å². The second-order valence-corrected chi connectivity index (χ2v) is 7.04. The lowest BCUT2D eigenvalue weighted by atomic mass is 10.0. The molecule has 134 valence electrons. The molecule has 1 N–H and O–H groups in total. The van der Waals surface area contributed by atoms with Crippen molar-refractivity contribution in [3.63, 3.8) is 0 Å². The Balaban J connectivity index is 0. The zero-order chi connectivity index (χ0) is 18.5. The number of nitrogens with one attached hydrogen (secondary N) is 1. The minimum Gasteiger partial charge on any atom is -0.356 e. The third-order valence-electron chi connectivity index (χ3n) is 2.68. The van der Waals surface area contributed by atoms with Crippen LogP contribution in [0.2, 0.25) is 0 Å². The molecule has 1 amide bonds. The van der Waals surface area contributed by atoms with Crippen molar-refractivity contribution in [2.75, 3.05) is 6.54 Å². The lowest BCUT2D eigenvalue weighted by Gasteiger charge is -2.09. The molecule has 3 nitrogen and oxygen atoms in total. The zero-order valence-electron chi connectivity index (χ0n) is 16.8. The van der Waals surface area contributed by atoms with Gasteiger partial charge in [0.25, 0.3) is 0 Å². The van der Waals surface area contributed by atoms with Gasteiger partial charge in [0.1, 0.15) is 0 Å². The summed E-state index contributed by atoms with van der Waals surface area (Å²) in [5, 5.41) is 2.92. The number of hydrogen-bond donors (Lipinski definition) is 1. The SMILES string of the molecule is CC.CC(C)(C)C.CCCC(=O)NCCc1c(C)ccnc1C. The number of amides is 1. The van der Waals surface area contributed by atoms with Gasteiger partial charge in [-0.1, -0.05) is 48.5 Å². The van der Waals surface area contributed by atoms with Crippen molar-refractivity contribution >= 4 is 5.91 Å². The predicted octanol–water partition coefficient (Wildman–Crippen LogP) is 5.24. The van der Waals surface area contributed by atoms with Crippen LogP contribution in [0.15, 0.2) is 12.3 Å². The Morgan fingerprint density at radius 3 is 2.13 bits per heavy atom. The molecule has 1 aromatic rings. The van der Waals surface area contributed by atoms with Gasteiger partial charge in [-0.25, -0.2) is 0 Å². The smallest absolute Gasteiger partial charge is 0.219 e. The molecule has 0 saturated heterocycles. The zero-order valence-corrected chi connectivity index (χ0v) is 16.8. The Morgan fingerprint density at radius 1 is 1.17 bits per heavy atom. The normalized spacial score (nSPS) is 9.96. The summed E-state index contributed by atoms with van der Waals surface area (Å²) in [7, 11) is 0. The second kappa shape index (κ2) is 13.1. The Bertz CT molecular complexity index is 408. The molecule has 0 fully saturated rings. The van der Waals surface area contributed by atoms with Gasteiger partial charge in [0.2, 0.25) is 5.91 Å². The van der Waals surface area contributed by atoms with E-state index in [4.69, 9.17) is 0 Å². The first-order chi connectivity index (χ1) is 10.6. The van der Waals surface area contributed by atoms with Gasteiger partial charge in [-0.2, -0.15) is 0 Å². The largest absolute Gasteiger partial charge is 0.356 e. The number of rotatable bonds is 5. The fraction of sp³-hybridized carbons (Fsp3) is 0.700. The molecule has 0 aromatic carbocycles. The summed E-state index contributed by atoms with van der Waals surface area (Å²) in [6.07, 6.45) is 4.20. The highest BCUT2D eigenvalue weighted by molar-refractivity contribution is 5.75. The van der Waals surface area contributed by atoms with E-state index in [1.165, 1.54) is 11.1 Å². The van der Waals surface area contributed by atoms with Crippen LogP contribution in [-0.4, -0.2) is 17.4 Å². The van der Waals surface area contributed by atoms with Gasteiger partial charge >= 0.3 is 0 Å². The van der Waals surface area contributed by atoms with E-state index in [0.29, 0.717) is 18.4 Å². The summed E-state index contributed by atoms with van der Waals surface area (Å²) < 4.78 is 0. The molecule has 0 bridgehead atoms. The topological polar surface area (TPSA) is 42.0 Å². The Morgan fingerprint density at radius 2 is 1.70 bits per heavy atom. The van der Waals surface area contributed by atoms with E-state index < -0.39 is 0 Å². The van der Waals surface area contributed by atoms with Gasteiger partial charge in [0.05, 0.1) is 0 Å². The second-order valence-electron chi connectivity index (χ2n) is 7.04. The molecular formula is C20H38N2O. The lowest BCUT2D eigenvalue weighted by molar-refractivity contribution is -0.121. The predicted molar refractivity (Wildman–Crippen MR) is 102 cm³/mol. The van der Waals surface area contributed by atoms with Crippen molar-refractivity contribution in [3.8, 4) is 0 Å². The van der Waals surface area contributed by atoms with E-state index in [-0.39, 0.29) is 5.91 Å². The van der Waals surface area contributed by atoms with E-state index in [1.54, 1.807) is 0 Å². The van der Waals surface area contributed by atoms with Gasteiger partial charge in [-0.3, -0.25) is 9.78 Å². The van der Waals surface area contributed by atoms with Crippen LogP contribution >= 0.6 is 0 Å². The molecule has 0 unspecified atom stereocenters. The van der Waals surface area contributed by atoms with E-state index >= 15 is 0 Å². The number of aryl methyl sites for hydroxylation is 2. The number of hydrogen-bond acceptors (Lipinski definition) is 2. The fourth-order valence-electron chi connectivity index (χ4n) is 1.75. The van der Waals surface area contributed by atoms with Crippen LogP contribution in [0.4, 0.5) is 0 Å². The maximum Gasteiger partial charge on any atom is 0.219 e. The quantitative estimate of drug-likeness (QED) is 0.806. The van der Waals surface area contributed by atoms with Gasteiger partial charge in [0, 0.05) is 24.9 Å². The molecule has 3 heteroatoms. The standard InChI is InChI=1S/C13H20N2O.C5H12.C2H6/c1-4-5-13(16)15-9-7-12-10(2)6-8-14-11(12)3;1-5(2,3)4;1-2/h6,8H,4-5,7,9H2,1-3H3,(H,15,16);1-4H3;1-2H3. The number of pyridine rings is 1. The highest BCUT2D eigenvalue weighted by Gasteiger charge is 2.04. The highest BCUT2D eigenvalue weighted by atomic mass is 16.1. The van der Waals surface area contributed by atoms with Crippen molar-refractivity contribution in [1.82, 2.24) is 10.3 Å². The Labute approximate surface area is 144 Å². The molecule has 0 aliphatic carbocycles. The molecule has 0 spiro atoms. The third-order valence-corrected chi connectivity index (χ3v) is 2.68. The molecular weight excluding hydrogens is 284 g/mol. The molecule has 1 heterocycles. The van der Waals surface area contributed by atoms with Gasteiger partial charge in [-0.05, 0) is 49.3 Å². The highest BCUT2D eigenvalue weighted by Crippen LogP contribution is 2.10. The van der Waals surface area contributed by atoms with Crippen LogP contribution in [0.5, 0.6) is 0 Å². The maximum absolute atomic E-state index is 11.3. The van der Waals surface area contributed by atoms with Crippen molar-refractivity contribution < 1.29 is 4.79 Å². The van der Waals surface area contributed by atoms with Crippen molar-refractivity contribution in [2.24, 2.45) is 5.41 Å². The van der Waals surface area contributed by atoms with Crippen LogP contribution in [0.1, 0.15) is 78.1 Å². The summed E-state index contributed by atoms with van der Waals surface area (Å²) in [6.45, 7) is 19.6. The minimum atomic E-state index is 0.140. The lowest BCUT2D eigenvalue weighted by Crippen LogP contribution is -2.25. The average molecular weight is 323 g/mol. The molecule has 0 saturated carbocycles. The number of aromatic nitrogens is 1. The summed E-state index contributed by atoms with van der Waals surface area (Å²) in [4.78, 5) is 15.5. The monoisotopic (exact) mass is 322 g/mol. The maximum atomic E-state index is 11.3. The van der Waals surface area contributed by atoms with Crippen molar-refractivity contribution in [1.29, 1.82) is 0 Å². The number of nitrogens with zero attached hydrogens (tertiary/aromatic N) is 1. The summed E-state index contributed by atoms with van der Waals surface area (Å²) in [5.41, 5.74) is 4.06. The summed E-state index contributed by atoms with van der Waals surface area (Å²) in [6, 6.07) is 2.01. The van der Waals surface area contributed by atoms with E-state index in [2.05, 4.69) is 44.9 Å². The van der Waals surface area contributed by atoms with E-state index in [1.807, 2.05) is 40.0 Å². The van der Waals surface area contributed by atoms with Crippen molar-refractivity contribution in [2.45, 2.75) is 81.6 Å². The minimum absolute atomic E-state index is 0.140. The molecule has 0 atom stereocenters. The third kappa shape index (κ3) is 15.3. The van der Waals surface area contributed by atoms with E-state index in [0.717, 1.165) is 18.5 Å². The molecule has 0 aliphatic heterocycles. The summed E-state index contributed by atoms with van der Waals surface area (Å²) in [5.74, 6) is 0.140. The number of carbonyl (C=O) groups excluding carboxylic acids is 1. The summed E-state index contributed by atoms with van der Waals surface area (Å²) >= 11 is 0. The first-order valence-electron chi connectivity index (χ1n) is 8.83. The Hall–Kier alpha value is -1.38. The molecule has 23 heavy (non-hydrogen) atoms. The number of carbonyl (C=O) groups is 1. The molecule has 1 rings (SSSR count). The van der Waals surface area contributed by atoms with Crippen LogP contribution in [0.25, 0.3) is 0 Å². The van der Waals surface area contributed by atoms with Crippen LogP contribution in [0.3, 0.4) is 0 Å². The molecule has 0 aliphatic rings. The van der Waals surface area contributed by atoms with Crippen LogP contribution in [-0.2, 0) is 11.2 Å². The molecule has 0 radical (unpaired) electrons. The van der Waals surface area contributed by atoms with Gasteiger partial charge in [-0.15, -0.1) is 0 Å². The Kier molecular flexibility index (Phi) is 13.6. The van der Waals surface area contributed by atoms with Crippen LogP contribution < -0.4 is 5.32 Å². The van der Waals surface area contributed by atoms with Crippen molar-refractivity contribution in [3.05, 3.63) is 29.1 Å². The average Bonchev–Trinajstić information content (AvgIpc) is 2.43.